The second kappa shape index (κ2) is 4.39. The molecule has 0 fully saturated rings. The maximum absolute atomic E-state index is 6.26. The number of thiophene rings is 1. The summed E-state index contributed by atoms with van der Waals surface area (Å²) in [5, 5.41) is 2.03. The van der Waals surface area contributed by atoms with E-state index in [1.54, 1.807) is 11.3 Å². The fourth-order valence-corrected chi connectivity index (χ4v) is 2.71. The van der Waals surface area contributed by atoms with Gasteiger partial charge in [0.1, 0.15) is 13.2 Å². The Morgan fingerprint density at radius 1 is 1.12 bits per heavy atom. The molecule has 1 unspecified atom stereocenters. The van der Waals surface area contributed by atoms with Crippen LogP contribution in [0.3, 0.4) is 0 Å². The Kier molecular flexibility index (Phi) is 2.74. The second-order valence-corrected chi connectivity index (χ2v) is 4.84. The zero-order valence-corrected chi connectivity index (χ0v) is 10.1. The van der Waals surface area contributed by atoms with Crippen LogP contribution in [-0.2, 0) is 0 Å². The second-order valence-electron chi connectivity index (χ2n) is 3.86. The number of ether oxygens (including phenoxy) is 2. The van der Waals surface area contributed by atoms with Crippen LogP contribution in [0.1, 0.15) is 16.5 Å². The monoisotopic (exact) mass is 247 g/mol. The molecule has 0 amide bonds. The number of fused-ring (bicyclic) bond motifs is 1. The van der Waals surface area contributed by atoms with Gasteiger partial charge in [0.05, 0.1) is 6.04 Å². The van der Waals surface area contributed by atoms with E-state index in [2.05, 4.69) is 0 Å². The molecule has 0 saturated heterocycles. The van der Waals surface area contributed by atoms with Crippen molar-refractivity contribution in [1.29, 1.82) is 0 Å². The fourth-order valence-electron chi connectivity index (χ4n) is 1.96. The van der Waals surface area contributed by atoms with E-state index < -0.39 is 0 Å². The number of hydrogen-bond acceptors (Lipinski definition) is 4. The van der Waals surface area contributed by atoms with E-state index in [0.717, 1.165) is 21.9 Å². The third kappa shape index (κ3) is 1.90. The first kappa shape index (κ1) is 10.6. The molecule has 2 heterocycles. The van der Waals surface area contributed by atoms with Gasteiger partial charge in [0.15, 0.2) is 11.5 Å². The van der Waals surface area contributed by atoms with Gasteiger partial charge in [-0.15, -0.1) is 11.3 Å². The summed E-state index contributed by atoms with van der Waals surface area (Å²) in [6, 6.07) is 9.77. The zero-order valence-electron chi connectivity index (χ0n) is 9.26. The predicted molar refractivity (Wildman–Crippen MR) is 67.8 cm³/mol. The molecule has 0 radical (unpaired) electrons. The summed E-state index contributed by atoms with van der Waals surface area (Å²) in [6.45, 7) is 1.19. The van der Waals surface area contributed by atoms with Crippen LogP contribution in [0, 0.1) is 0 Å². The van der Waals surface area contributed by atoms with E-state index in [9.17, 15) is 0 Å². The topological polar surface area (TPSA) is 44.5 Å². The van der Waals surface area contributed by atoms with Crippen LogP contribution in [0.25, 0.3) is 0 Å². The summed E-state index contributed by atoms with van der Waals surface area (Å²) in [4.78, 5) is 1.13. The molecule has 1 aromatic heterocycles. The first-order valence-corrected chi connectivity index (χ1v) is 6.42. The largest absolute Gasteiger partial charge is 0.486 e. The lowest BCUT2D eigenvalue weighted by Crippen LogP contribution is -2.19. The summed E-state index contributed by atoms with van der Waals surface area (Å²) in [5.41, 5.74) is 7.25. The van der Waals surface area contributed by atoms with Gasteiger partial charge in [-0.2, -0.15) is 0 Å². The van der Waals surface area contributed by atoms with E-state index >= 15 is 0 Å². The molecule has 1 aliphatic heterocycles. The lowest BCUT2D eigenvalue weighted by Gasteiger charge is -2.23. The standard InChI is InChI=1S/C13H13NO2S/c14-12(11-5-2-8-17-11)9-3-1-4-10-13(9)16-7-6-15-10/h1-5,8,12H,6-7,14H2. The lowest BCUT2D eigenvalue weighted by atomic mass is 10.0. The Morgan fingerprint density at radius 3 is 2.82 bits per heavy atom. The molecule has 0 saturated carbocycles. The molecule has 0 bridgehead atoms. The van der Waals surface area contributed by atoms with E-state index in [1.807, 2.05) is 35.7 Å². The summed E-state index contributed by atoms with van der Waals surface area (Å²) < 4.78 is 11.2. The molecule has 1 atom stereocenters. The van der Waals surface area contributed by atoms with Crippen molar-refractivity contribution in [3.8, 4) is 11.5 Å². The third-order valence-corrected chi connectivity index (χ3v) is 3.74. The van der Waals surface area contributed by atoms with Crippen molar-refractivity contribution in [2.45, 2.75) is 6.04 Å². The van der Waals surface area contributed by atoms with Gasteiger partial charge in [-0.05, 0) is 17.5 Å². The molecule has 88 valence electrons. The summed E-state index contributed by atoms with van der Waals surface area (Å²) in [6.07, 6.45) is 0. The number of para-hydroxylation sites is 1. The van der Waals surface area contributed by atoms with Gasteiger partial charge in [-0.25, -0.2) is 0 Å². The highest BCUT2D eigenvalue weighted by Crippen LogP contribution is 2.38. The number of rotatable bonds is 2. The molecule has 3 rings (SSSR count). The summed E-state index contributed by atoms with van der Waals surface area (Å²) in [7, 11) is 0. The maximum Gasteiger partial charge on any atom is 0.166 e. The van der Waals surface area contributed by atoms with Crippen molar-refractivity contribution in [3.63, 3.8) is 0 Å². The minimum Gasteiger partial charge on any atom is -0.486 e. The average Bonchev–Trinajstić information content (AvgIpc) is 2.91. The van der Waals surface area contributed by atoms with Gasteiger partial charge in [0, 0.05) is 10.4 Å². The Morgan fingerprint density at radius 2 is 2.00 bits per heavy atom. The van der Waals surface area contributed by atoms with E-state index in [1.165, 1.54) is 0 Å². The molecule has 1 aliphatic rings. The highest BCUT2D eigenvalue weighted by atomic mass is 32.1. The van der Waals surface area contributed by atoms with E-state index in [0.29, 0.717) is 13.2 Å². The number of benzene rings is 1. The van der Waals surface area contributed by atoms with Crippen LogP contribution >= 0.6 is 11.3 Å². The first-order valence-electron chi connectivity index (χ1n) is 5.54. The normalized spacial score (nSPS) is 15.6. The van der Waals surface area contributed by atoms with Crippen molar-refractivity contribution in [3.05, 3.63) is 46.2 Å². The number of hydrogen-bond donors (Lipinski definition) is 1. The predicted octanol–water partition coefficient (Wildman–Crippen LogP) is 2.57. The van der Waals surface area contributed by atoms with Crippen molar-refractivity contribution in [1.82, 2.24) is 0 Å². The van der Waals surface area contributed by atoms with Gasteiger partial charge < -0.3 is 15.2 Å². The quantitative estimate of drug-likeness (QED) is 0.887. The van der Waals surface area contributed by atoms with Gasteiger partial charge in [-0.1, -0.05) is 18.2 Å². The highest BCUT2D eigenvalue weighted by molar-refractivity contribution is 7.10. The van der Waals surface area contributed by atoms with Gasteiger partial charge >= 0.3 is 0 Å². The zero-order chi connectivity index (χ0) is 11.7. The van der Waals surface area contributed by atoms with Crippen molar-refractivity contribution < 1.29 is 9.47 Å². The Bertz CT molecular complexity index is 510. The average molecular weight is 247 g/mol. The smallest absolute Gasteiger partial charge is 0.166 e. The molecular weight excluding hydrogens is 234 g/mol. The maximum atomic E-state index is 6.26. The van der Waals surface area contributed by atoms with Gasteiger partial charge in [0.2, 0.25) is 0 Å². The first-order chi connectivity index (χ1) is 8.36. The Labute approximate surface area is 104 Å². The van der Waals surface area contributed by atoms with Crippen LogP contribution in [0.15, 0.2) is 35.7 Å². The van der Waals surface area contributed by atoms with E-state index in [4.69, 9.17) is 15.2 Å². The van der Waals surface area contributed by atoms with Crippen molar-refractivity contribution >= 4 is 11.3 Å². The molecular formula is C13H13NO2S. The van der Waals surface area contributed by atoms with Crippen LogP contribution in [0.5, 0.6) is 11.5 Å². The SMILES string of the molecule is NC(c1cccs1)c1cccc2c1OCCO2. The van der Waals surface area contributed by atoms with Gasteiger partial charge in [-0.3, -0.25) is 0 Å². The molecule has 2 N–H and O–H groups in total. The van der Waals surface area contributed by atoms with Crippen LogP contribution < -0.4 is 15.2 Å². The molecule has 0 aliphatic carbocycles. The number of nitrogens with two attached hydrogens (primary N) is 1. The minimum absolute atomic E-state index is 0.147. The van der Waals surface area contributed by atoms with E-state index in [-0.39, 0.29) is 6.04 Å². The lowest BCUT2D eigenvalue weighted by molar-refractivity contribution is 0.169. The van der Waals surface area contributed by atoms with Crippen LogP contribution in [0.4, 0.5) is 0 Å². The Hall–Kier alpha value is -1.52. The Balaban J connectivity index is 2.03. The molecule has 4 heteroatoms. The fraction of sp³-hybridized carbons (Fsp3) is 0.231. The van der Waals surface area contributed by atoms with Gasteiger partial charge in [0.25, 0.3) is 0 Å². The summed E-state index contributed by atoms with van der Waals surface area (Å²) in [5.74, 6) is 1.58. The molecule has 2 aromatic rings. The highest BCUT2D eigenvalue weighted by Gasteiger charge is 2.21. The van der Waals surface area contributed by atoms with Crippen molar-refractivity contribution in [2.24, 2.45) is 5.73 Å². The molecule has 3 nitrogen and oxygen atoms in total. The third-order valence-electron chi connectivity index (χ3n) is 2.78. The van der Waals surface area contributed by atoms with Crippen LogP contribution in [0.2, 0.25) is 0 Å². The summed E-state index contributed by atoms with van der Waals surface area (Å²) >= 11 is 1.66. The molecule has 1 aromatic carbocycles. The van der Waals surface area contributed by atoms with Crippen molar-refractivity contribution in [2.75, 3.05) is 13.2 Å². The van der Waals surface area contributed by atoms with Crippen LogP contribution in [-0.4, -0.2) is 13.2 Å². The molecule has 0 spiro atoms. The molecule has 17 heavy (non-hydrogen) atoms. The minimum atomic E-state index is -0.147.